The first kappa shape index (κ1) is 21.8. The summed E-state index contributed by atoms with van der Waals surface area (Å²) in [5.74, 6) is 0. The van der Waals surface area contributed by atoms with Crippen LogP contribution in [0.1, 0.15) is 59.6 Å². The van der Waals surface area contributed by atoms with E-state index >= 15 is 0 Å². The molecule has 0 radical (unpaired) electrons. The van der Waals surface area contributed by atoms with E-state index in [1.54, 1.807) is 10.9 Å². The van der Waals surface area contributed by atoms with Gasteiger partial charge in [0.1, 0.15) is 6.33 Å². The molecule has 0 aliphatic carbocycles. The number of hydrogen-bond donors (Lipinski definition) is 0. The van der Waals surface area contributed by atoms with Crippen molar-refractivity contribution in [3.05, 3.63) is 64.2 Å². The second-order valence-corrected chi connectivity index (χ2v) is 10.5. The summed E-state index contributed by atoms with van der Waals surface area (Å²) in [4.78, 5) is 17.9. The first-order chi connectivity index (χ1) is 14.3. The van der Waals surface area contributed by atoms with Gasteiger partial charge in [0.05, 0.1) is 27.8 Å². The lowest BCUT2D eigenvalue weighted by molar-refractivity contribution is 0.00578. The summed E-state index contributed by atoms with van der Waals surface area (Å²) in [6.07, 6.45) is 1.62. The van der Waals surface area contributed by atoms with E-state index in [9.17, 15) is 4.79 Å². The zero-order valence-electron chi connectivity index (χ0n) is 19.7. The number of rotatable bonds is 2. The van der Waals surface area contributed by atoms with Gasteiger partial charge in [-0.15, -0.1) is 0 Å². The predicted molar refractivity (Wildman–Crippen MR) is 126 cm³/mol. The van der Waals surface area contributed by atoms with E-state index in [1.807, 2.05) is 71.0 Å². The SMILES string of the molecule is Cc1c(B2OC(C)(C)C(C)(C)O2)cccc1-n1cnc2cc(C(C)(C)C)ccc2c1=O. The molecule has 0 amide bonds. The van der Waals surface area contributed by atoms with Gasteiger partial charge in [-0.1, -0.05) is 39.0 Å². The molecule has 1 aromatic heterocycles. The summed E-state index contributed by atoms with van der Waals surface area (Å²) in [5, 5.41) is 0.607. The summed E-state index contributed by atoms with van der Waals surface area (Å²) < 4.78 is 14.1. The molecule has 0 unspecified atom stereocenters. The monoisotopic (exact) mass is 418 g/mol. The fraction of sp³-hybridized carbons (Fsp3) is 0.440. The Morgan fingerprint density at radius 1 is 1.00 bits per heavy atom. The third kappa shape index (κ3) is 3.62. The Labute approximate surface area is 184 Å². The number of nitrogens with zero attached hydrogens (tertiary/aromatic N) is 2. The van der Waals surface area contributed by atoms with Gasteiger partial charge in [0.15, 0.2) is 0 Å². The van der Waals surface area contributed by atoms with Crippen LogP contribution in [0.3, 0.4) is 0 Å². The molecule has 0 spiro atoms. The molecule has 1 aliphatic rings. The van der Waals surface area contributed by atoms with Crippen LogP contribution in [0.15, 0.2) is 47.5 Å². The summed E-state index contributed by atoms with van der Waals surface area (Å²) in [5.41, 5.74) is 3.58. The molecule has 1 aliphatic heterocycles. The van der Waals surface area contributed by atoms with Crippen LogP contribution in [0.4, 0.5) is 0 Å². The fourth-order valence-electron chi connectivity index (χ4n) is 3.89. The van der Waals surface area contributed by atoms with Crippen LogP contribution >= 0.6 is 0 Å². The molecule has 1 fully saturated rings. The van der Waals surface area contributed by atoms with E-state index in [4.69, 9.17) is 9.31 Å². The van der Waals surface area contributed by atoms with Gasteiger partial charge in [0.25, 0.3) is 5.56 Å². The zero-order valence-corrected chi connectivity index (χ0v) is 19.7. The minimum Gasteiger partial charge on any atom is -0.399 e. The second-order valence-electron chi connectivity index (χ2n) is 10.5. The van der Waals surface area contributed by atoms with Crippen LogP contribution in [0.5, 0.6) is 0 Å². The van der Waals surface area contributed by atoms with Gasteiger partial charge in [-0.3, -0.25) is 9.36 Å². The summed E-state index contributed by atoms with van der Waals surface area (Å²) in [6.45, 7) is 16.6. The molecule has 162 valence electrons. The highest BCUT2D eigenvalue weighted by Crippen LogP contribution is 2.37. The van der Waals surface area contributed by atoms with Crippen molar-refractivity contribution >= 4 is 23.5 Å². The van der Waals surface area contributed by atoms with Crippen LogP contribution in [0.2, 0.25) is 0 Å². The average Bonchev–Trinajstić information content (AvgIpc) is 2.89. The smallest absolute Gasteiger partial charge is 0.399 e. The zero-order chi connectivity index (χ0) is 22.8. The van der Waals surface area contributed by atoms with Crippen LogP contribution in [0.25, 0.3) is 16.6 Å². The molecule has 0 N–H and O–H groups in total. The Morgan fingerprint density at radius 3 is 2.26 bits per heavy atom. The maximum Gasteiger partial charge on any atom is 0.495 e. The van der Waals surface area contributed by atoms with Gasteiger partial charge < -0.3 is 9.31 Å². The Morgan fingerprint density at radius 2 is 1.65 bits per heavy atom. The molecule has 1 saturated heterocycles. The lowest BCUT2D eigenvalue weighted by atomic mass is 9.76. The average molecular weight is 418 g/mol. The minimum absolute atomic E-state index is 0.00150. The van der Waals surface area contributed by atoms with E-state index < -0.39 is 18.3 Å². The van der Waals surface area contributed by atoms with Gasteiger partial charge in [0, 0.05) is 0 Å². The topological polar surface area (TPSA) is 53.4 Å². The predicted octanol–water partition coefficient (Wildman–Crippen LogP) is 4.29. The molecular formula is C25H31BN2O3. The Bertz CT molecular complexity index is 1210. The molecule has 31 heavy (non-hydrogen) atoms. The van der Waals surface area contributed by atoms with Crippen molar-refractivity contribution in [1.29, 1.82) is 0 Å². The number of hydrogen-bond acceptors (Lipinski definition) is 4. The van der Waals surface area contributed by atoms with Crippen molar-refractivity contribution in [3.8, 4) is 5.69 Å². The van der Waals surface area contributed by atoms with Crippen molar-refractivity contribution in [2.75, 3.05) is 0 Å². The summed E-state index contributed by atoms with van der Waals surface area (Å²) >= 11 is 0. The molecular weight excluding hydrogens is 387 g/mol. The normalized spacial score (nSPS) is 18.0. The van der Waals surface area contributed by atoms with Crippen LogP contribution < -0.4 is 11.0 Å². The number of benzene rings is 2. The Balaban J connectivity index is 1.80. The third-order valence-electron chi connectivity index (χ3n) is 6.74. The minimum atomic E-state index is -0.483. The summed E-state index contributed by atoms with van der Waals surface area (Å²) in [6, 6.07) is 11.8. The Kier molecular flexibility index (Phi) is 4.95. The van der Waals surface area contributed by atoms with Crippen LogP contribution in [-0.2, 0) is 14.7 Å². The van der Waals surface area contributed by atoms with E-state index in [-0.39, 0.29) is 11.0 Å². The number of fused-ring (bicyclic) bond motifs is 1. The fourth-order valence-corrected chi connectivity index (χ4v) is 3.89. The third-order valence-corrected chi connectivity index (χ3v) is 6.74. The summed E-state index contributed by atoms with van der Waals surface area (Å²) in [7, 11) is -0.483. The molecule has 2 aromatic carbocycles. The van der Waals surface area contributed by atoms with Crippen molar-refractivity contribution in [1.82, 2.24) is 9.55 Å². The maximum atomic E-state index is 13.3. The molecule has 5 nitrogen and oxygen atoms in total. The van der Waals surface area contributed by atoms with Crippen molar-refractivity contribution in [3.63, 3.8) is 0 Å². The number of aromatic nitrogens is 2. The van der Waals surface area contributed by atoms with E-state index in [1.165, 1.54) is 0 Å². The van der Waals surface area contributed by atoms with Crippen molar-refractivity contribution in [2.45, 2.75) is 72.0 Å². The molecule has 0 bridgehead atoms. The first-order valence-corrected chi connectivity index (χ1v) is 10.8. The second kappa shape index (κ2) is 7.04. The van der Waals surface area contributed by atoms with Gasteiger partial charge >= 0.3 is 7.12 Å². The van der Waals surface area contributed by atoms with Gasteiger partial charge in [0.2, 0.25) is 0 Å². The lowest BCUT2D eigenvalue weighted by Gasteiger charge is -2.32. The molecule has 4 rings (SSSR count). The van der Waals surface area contributed by atoms with Crippen LogP contribution in [-0.4, -0.2) is 27.9 Å². The Hall–Kier alpha value is -2.44. The largest absolute Gasteiger partial charge is 0.495 e. The van der Waals surface area contributed by atoms with Crippen molar-refractivity contribution < 1.29 is 9.31 Å². The molecule has 0 saturated carbocycles. The highest BCUT2D eigenvalue weighted by Gasteiger charge is 2.52. The van der Waals surface area contributed by atoms with Crippen LogP contribution in [0, 0.1) is 6.92 Å². The molecule has 0 atom stereocenters. The lowest BCUT2D eigenvalue weighted by Crippen LogP contribution is -2.41. The van der Waals surface area contributed by atoms with Gasteiger partial charge in [-0.2, -0.15) is 0 Å². The maximum absolute atomic E-state index is 13.3. The van der Waals surface area contributed by atoms with Crippen molar-refractivity contribution in [2.24, 2.45) is 0 Å². The molecule has 6 heteroatoms. The molecule has 2 heterocycles. The standard InChI is InChI=1S/C25H31BN2O3/c1-16-19(26-30-24(5,6)25(7,8)31-26)10-9-11-21(16)28-15-27-20-14-17(23(2,3)4)12-13-18(20)22(28)29/h9-15H,1-8H3. The quantitative estimate of drug-likeness (QED) is 0.583. The first-order valence-electron chi connectivity index (χ1n) is 10.8. The van der Waals surface area contributed by atoms with E-state index in [2.05, 4.69) is 25.8 Å². The highest BCUT2D eigenvalue weighted by atomic mass is 16.7. The van der Waals surface area contributed by atoms with Gasteiger partial charge in [-0.25, -0.2) is 4.98 Å². The van der Waals surface area contributed by atoms with E-state index in [0.29, 0.717) is 10.9 Å². The highest BCUT2D eigenvalue weighted by molar-refractivity contribution is 6.62. The molecule has 3 aromatic rings. The van der Waals surface area contributed by atoms with Gasteiger partial charge in [-0.05, 0) is 74.8 Å². The van der Waals surface area contributed by atoms with E-state index in [0.717, 1.165) is 22.3 Å².